The Balaban J connectivity index is 1.72. The maximum Gasteiger partial charge on any atom is 0.118 e. The number of ether oxygens (including phenoxy) is 1. The lowest BCUT2D eigenvalue weighted by molar-refractivity contribution is 0.413. The van der Waals surface area contributed by atoms with E-state index in [1.54, 1.807) is 7.11 Å². The van der Waals surface area contributed by atoms with E-state index >= 15 is 0 Å². The Bertz CT molecular complexity index is 2070. The summed E-state index contributed by atoms with van der Waals surface area (Å²) in [6.45, 7) is 7.16. The lowest BCUT2D eigenvalue weighted by Gasteiger charge is -2.62. The van der Waals surface area contributed by atoms with E-state index in [1.807, 2.05) is 0 Å². The lowest BCUT2D eigenvalue weighted by atomic mass is 9.73. The van der Waals surface area contributed by atoms with Crippen molar-refractivity contribution >= 4 is 8.07 Å². The molecule has 0 amide bonds. The predicted molar refractivity (Wildman–Crippen MR) is 235 cm³/mol. The van der Waals surface area contributed by atoms with Crippen LogP contribution in [0.25, 0.3) is 0 Å². The molecular formula is C53H52OSi. The number of rotatable bonds is 16. The van der Waals surface area contributed by atoms with Crippen LogP contribution in [0.2, 0.25) is 17.6 Å². The summed E-state index contributed by atoms with van der Waals surface area (Å²) in [5, 5.41) is -0.793. The monoisotopic (exact) mass is 732 g/mol. The number of benzene rings is 7. The molecule has 2 atom stereocenters. The first-order valence-electron chi connectivity index (χ1n) is 19.6. The van der Waals surface area contributed by atoms with Crippen LogP contribution in [0.3, 0.4) is 0 Å². The fourth-order valence-electron chi connectivity index (χ4n) is 9.89. The van der Waals surface area contributed by atoms with Gasteiger partial charge in [0.2, 0.25) is 0 Å². The number of hydrogen-bond acceptors (Lipinski definition) is 1. The van der Waals surface area contributed by atoms with E-state index < -0.39 is 13.1 Å². The van der Waals surface area contributed by atoms with Gasteiger partial charge in [0.1, 0.15) is 5.75 Å². The second-order valence-electron chi connectivity index (χ2n) is 15.1. The average molecular weight is 733 g/mol. The molecule has 0 heterocycles. The van der Waals surface area contributed by atoms with Crippen LogP contribution in [0.1, 0.15) is 51.3 Å². The SMILES string of the molecule is C=CCC[Si](C)(C(c1ccccc1)(c1ccccc1)c1ccccc1)C(Cc1ccccc1)(Cc1ccc(OC)cc1)C(c1ccccc1)c1ccccc1. The lowest BCUT2D eigenvalue weighted by Crippen LogP contribution is -2.65. The Morgan fingerprint density at radius 3 is 1.25 bits per heavy atom. The van der Waals surface area contributed by atoms with Crippen molar-refractivity contribution in [3.8, 4) is 5.75 Å². The third-order valence-corrected chi connectivity index (χ3v) is 18.9. The predicted octanol–water partition coefficient (Wildman–Crippen LogP) is 13.3. The van der Waals surface area contributed by atoms with Crippen LogP contribution in [0.15, 0.2) is 219 Å². The van der Waals surface area contributed by atoms with Crippen LogP contribution >= 0.6 is 0 Å². The first-order valence-corrected chi connectivity index (χ1v) is 22.3. The van der Waals surface area contributed by atoms with Crippen LogP contribution in [0.4, 0.5) is 0 Å². The maximum absolute atomic E-state index is 5.73. The second-order valence-corrected chi connectivity index (χ2v) is 20.0. The van der Waals surface area contributed by atoms with E-state index in [-0.39, 0.29) is 11.0 Å². The van der Waals surface area contributed by atoms with Gasteiger partial charge in [-0.3, -0.25) is 0 Å². The van der Waals surface area contributed by atoms with Crippen molar-refractivity contribution in [3.05, 3.63) is 258 Å². The van der Waals surface area contributed by atoms with Gasteiger partial charge in [-0.1, -0.05) is 213 Å². The fourth-order valence-corrected chi connectivity index (χ4v) is 16.9. The molecule has 2 unspecified atom stereocenters. The highest BCUT2D eigenvalue weighted by atomic mass is 28.3. The van der Waals surface area contributed by atoms with Gasteiger partial charge in [0.05, 0.1) is 15.2 Å². The molecule has 0 spiro atoms. The van der Waals surface area contributed by atoms with E-state index in [1.165, 1.54) is 38.9 Å². The molecule has 55 heavy (non-hydrogen) atoms. The first-order chi connectivity index (χ1) is 27.1. The van der Waals surface area contributed by atoms with Gasteiger partial charge in [0, 0.05) is 11.0 Å². The zero-order valence-electron chi connectivity index (χ0n) is 32.2. The Labute approximate surface area is 330 Å². The van der Waals surface area contributed by atoms with Gasteiger partial charge >= 0.3 is 0 Å². The van der Waals surface area contributed by atoms with Crippen LogP contribution in [-0.4, -0.2) is 15.2 Å². The molecule has 0 fully saturated rings. The number of hydrogen-bond donors (Lipinski definition) is 0. The molecule has 0 aliphatic carbocycles. The minimum Gasteiger partial charge on any atom is -0.497 e. The summed E-state index contributed by atoms with van der Waals surface area (Å²) in [4.78, 5) is 0. The molecule has 0 saturated carbocycles. The Morgan fingerprint density at radius 1 is 0.509 bits per heavy atom. The molecule has 0 saturated heterocycles. The van der Waals surface area contributed by atoms with Gasteiger partial charge in [0.25, 0.3) is 0 Å². The highest BCUT2D eigenvalue weighted by Crippen LogP contribution is 2.66. The highest BCUT2D eigenvalue weighted by molar-refractivity contribution is 6.86. The Hall–Kier alpha value is -5.70. The molecule has 2 heteroatoms. The molecule has 7 aromatic rings. The summed E-state index contributed by atoms with van der Waals surface area (Å²) in [6.07, 6.45) is 4.83. The van der Waals surface area contributed by atoms with Crippen molar-refractivity contribution in [1.82, 2.24) is 0 Å². The average Bonchev–Trinajstić information content (AvgIpc) is 3.26. The summed E-state index contributed by atoms with van der Waals surface area (Å²) < 4.78 is 5.73. The van der Waals surface area contributed by atoms with Crippen molar-refractivity contribution in [2.75, 3.05) is 7.11 Å². The third-order valence-electron chi connectivity index (χ3n) is 12.3. The number of allylic oxidation sites excluding steroid dienone is 1. The first kappa shape index (κ1) is 37.6. The van der Waals surface area contributed by atoms with Crippen molar-refractivity contribution in [2.24, 2.45) is 0 Å². The quantitative estimate of drug-likeness (QED) is 0.0546. The zero-order valence-corrected chi connectivity index (χ0v) is 33.2. The zero-order chi connectivity index (χ0) is 38.0. The van der Waals surface area contributed by atoms with Gasteiger partial charge in [-0.25, -0.2) is 0 Å². The van der Waals surface area contributed by atoms with Crippen LogP contribution < -0.4 is 4.74 Å². The normalized spacial score (nSPS) is 13.7. The smallest absolute Gasteiger partial charge is 0.118 e. The van der Waals surface area contributed by atoms with E-state index in [0.29, 0.717) is 0 Å². The minimum absolute atomic E-state index is 0.0502. The third kappa shape index (κ3) is 7.27. The largest absolute Gasteiger partial charge is 0.497 e. The molecule has 0 aliphatic heterocycles. The molecule has 7 rings (SSSR count). The highest BCUT2D eigenvalue weighted by Gasteiger charge is 2.65. The molecule has 0 radical (unpaired) electrons. The summed E-state index contributed by atoms with van der Waals surface area (Å²) in [5.74, 6) is 0.924. The van der Waals surface area contributed by atoms with Gasteiger partial charge < -0.3 is 4.74 Å². The summed E-state index contributed by atoms with van der Waals surface area (Å²) in [7, 11) is -1.22. The van der Waals surface area contributed by atoms with Gasteiger partial charge in [-0.05, 0) is 75.4 Å². The number of methoxy groups -OCH3 is 1. The van der Waals surface area contributed by atoms with E-state index in [4.69, 9.17) is 4.74 Å². The summed E-state index contributed by atoms with van der Waals surface area (Å²) in [5.41, 5.74) is 9.40. The molecule has 7 aromatic carbocycles. The van der Waals surface area contributed by atoms with Gasteiger partial charge in [-0.15, -0.1) is 6.58 Å². The van der Waals surface area contributed by atoms with Gasteiger partial charge in [0.15, 0.2) is 0 Å². The van der Waals surface area contributed by atoms with E-state index in [0.717, 1.165) is 31.1 Å². The fraction of sp³-hybridized carbons (Fsp3) is 0.170. The molecule has 1 nitrogen and oxygen atoms in total. The Morgan fingerprint density at radius 2 is 0.873 bits per heavy atom. The van der Waals surface area contributed by atoms with Crippen molar-refractivity contribution < 1.29 is 4.74 Å². The standard InChI is InChI=1S/C53H52OSi/c1-4-5-40-55(3,53(47-30-18-9-19-31-47,48-32-20-10-21-33-48)49-34-22-11-23-35-49)52(41-43-24-12-6-13-25-43,42-44-36-38-50(54-2)39-37-44)51(45-26-14-7-15-27-45)46-28-16-8-17-29-46/h4,6-39,51H,1,5,40-42H2,2-3H3. The molecule has 0 bridgehead atoms. The second kappa shape index (κ2) is 17.2. The van der Waals surface area contributed by atoms with Gasteiger partial charge in [-0.2, -0.15) is 0 Å². The summed E-state index contributed by atoms with van der Waals surface area (Å²) in [6, 6.07) is 78.3. The maximum atomic E-state index is 5.73. The van der Waals surface area contributed by atoms with Crippen LogP contribution in [0.5, 0.6) is 5.75 Å². The summed E-state index contributed by atoms with van der Waals surface area (Å²) >= 11 is 0. The molecular weight excluding hydrogens is 681 g/mol. The molecule has 0 N–H and O–H groups in total. The van der Waals surface area contributed by atoms with E-state index in [9.17, 15) is 0 Å². The topological polar surface area (TPSA) is 9.23 Å². The van der Waals surface area contributed by atoms with Crippen LogP contribution in [0, 0.1) is 0 Å². The molecule has 0 aliphatic rings. The van der Waals surface area contributed by atoms with Crippen molar-refractivity contribution in [3.63, 3.8) is 0 Å². The van der Waals surface area contributed by atoms with E-state index in [2.05, 4.69) is 225 Å². The minimum atomic E-state index is -2.97. The Kier molecular flexibility index (Phi) is 11.7. The van der Waals surface area contributed by atoms with Crippen LogP contribution in [-0.2, 0) is 17.9 Å². The molecule has 274 valence electrons. The molecule has 0 aromatic heterocycles. The van der Waals surface area contributed by atoms with Crippen molar-refractivity contribution in [1.29, 1.82) is 0 Å². The van der Waals surface area contributed by atoms with Crippen molar-refractivity contribution in [2.45, 2.75) is 47.8 Å².